The van der Waals surface area contributed by atoms with Crippen molar-refractivity contribution in [2.45, 2.75) is 38.6 Å². The summed E-state index contributed by atoms with van der Waals surface area (Å²) in [7, 11) is 0. The van der Waals surface area contributed by atoms with E-state index < -0.39 is 0 Å². The van der Waals surface area contributed by atoms with E-state index in [0.29, 0.717) is 19.1 Å². The van der Waals surface area contributed by atoms with Gasteiger partial charge in [0.2, 0.25) is 0 Å². The average Bonchev–Trinajstić information content (AvgIpc) is 2.28. The van der Waals surface area contributed by atoms with Crippen LogP contribution in [0.2, 0.25) is 0 Å². The second-order valence-corrected chi connectivity index (χ2v) is 3.97. The van der Waals surface area contributed by atoms with Gasteiger partial charge in [-0.25, -0.2) is 0 Å². The molecular weight excluding hydrogens is 192 g/mol. The molecule has 0 aromatic rings. The number of rotatable bonds is 6. The number of esters is 1. The van der Waals surface area contributed by atoms with Crippen molar-refractivity contribution >= 4 is 5.97 Å². The first kappa shape index (κ1) is 12.5. The van der Waals surface area contributed by atoms with Crippen LogP contribution in [0, 0.1) is 0 Å². The minimum Gasteiger partial charge on any atom is -0.466 e. The molecule has 1 rings (SSSR count). The Morgan fingerprint density at radius 2 is 2.33 bits per heavy atom. The monoisotopic (exact) mass is 214 g/mol. The molecule has 1 aliphatic heterocycles. The van der Waals surface area contributed by atoms with Crippen molar-refractivity contribution in [3.63, 3.8) is 0 Å². The molecule has 1 aliphatic rings. The first-order valence-electron chi connectivity index (χ1n) is 5.92. The van der Waals surface area contributed by atoms with Gasteiger partial charge in [0.15, 0.2) is 0 Å². The number of carbonyl (C=O) groups excluding carboxylic acids is 1. The van der Waals surface area contributed by atoms with Gasteiger partial charge in [0, 0.05) is 32.1 Å². The van der Waals surface area contributed by atoms with Gasteiger partial charge in [0.05, 0.1) is 6.61 Å². The molecular formula is C11H22N2O2. The second-order valence-electron chi connectivity index (χ2n) is 3.97. The van der Waals surface area contributed by atoms with E-state index in [1.165, 1.54) is 0 Å². The molecule has 4 heteroatoms. The average molecular weight is 214 g/mol. The van der Waals surface area contributed by atoms with E-state index in [9.17, 15) is 4.79 Å². The van der Waals surface area contributed by atoms with Crippen LogP contribution in [-0.2, 0) is 9.53 Å². The predicted molar refractivity (Wildman–Crippen MR) is 59.8 cm³/mol. The number of unbranched alkanes of at least 4 members (excludes halogenated alkanes) is 1. The first-order chi connectivity index (χ1) is 7.33. The van der Waals surface area contributed by atoms with Gasteiger partial charge in [-0.15, -0.1) is 0 Å². The minimum atomic E-state index is -0.0594. The number of piperazine rings is 1. The molecule has 1 heterocycles. The third kappa shape index (κ3) is 5.74. The molecule has 1 fully saturated rings. The second kappa shape index (κ2) is 7.65. The Morgan fingerprint density at radius 3 is 3.00 bits per heavy atom. The van der Waals surface area contributed by atoms with Crippen molar-refractivity contribution in [3.05, 3.63) is 0 Å². The fourth-order valence-electron chi connectivity index (χ4n) is 1.61. The summed E-state index contributed by atoms with van der Waals surface area (Å²) in [6.45, 7) is 5.65. The zero-order chi connectivity index (χ0) is 10.9. The normalized spacial score (nSPS) is 21.3. The van der Waals surface area contributed by atoms with Crippen LogP contribution in [0.4, 0.5) is 0 Å². The number of carbonyl (C=O) groups is 1. The lowest BCUT2D eigenvalue weighted by molar-refractivity contribution is -0.144. The lowest BCUT2D eigenvalue weighted by Gasteiger charge is -2.23. The molecule has 15 heavy (non-hydrogen) atoms. The number of hydrogen-bond donors (Lipinski definition) is 2. The van der Waals surface area contributed by atoms with Gasteiger partial charge in [-0.05, 0) is 12.8 Å². The highest BCUT2D eigenvalue weighted by atomic mass is 16.5. The largest absolute Gasteiger partial charge is 0.466 e. The van der Waals surface area contributed by atoms with Crippen LogP contribution in [0.25, 0.3) is 0 Å². The first-order valence-corrected chi connectivity index (χ1v) is 5.92. The maximum absolute atomic E-state index is 11.3. The van der Waals surface area contributed by atoms with Crippen molar-refractivity contribution in [1.29, 1.82) is 0 Å². The van der Waals surface area contributed by atoms with Crippen LogP contribution in [-0.4, -0.2) is 38.3 Å². The fourth-order valence-corrected chi connectivity index (χ4v) is 1.61. The molecule has 1 saturated heterocycles. The maximum Gasteiger partial charge on any atom is 0.305 e. The molecule has 4 nitrogen and oxygen atoms in total. The number of hydrogen-bond acceptors (Lipinski definition) is 4. The third-order valence-electron chi connectivity index (χ3n) is 2.58. The lowest BCUT2D eigenvalue weighted by atomic mass is 10.1. The minimum absolute atomic E-state index is 0.0594. The maximum atomic E-state index is 11.3. The fraction of sp³-hybridized carbons (Fsp3) is 0.909. The van der Waals surface area contributed by atoms with E-state index in [0.717, 1.165) is 38.9 Å². The van der Waals surface area contributed by atoms with Crippen molar-refractivity contribution in [2.24, 2.45) is 0 Å². The highest BCUT2D eigenvalue weighted by Crippen LogP contribution is 2.01. The van der Waals surface area contributed by atoms with Crippen molar-refractivity contribution in [2.75, 3.05) is 26.2 Å². The Hall–Kier alpha value is -0.610. The van der Waals surface area contributed by atoms with E-state index in [1.807, 2.05) is 0 Å². The summed E-state index contributed by atoms with van der Waals surface area (Å²) in [4.78, 5) is 11.3. The van der Waals surface area contributed by atoms with Crippen LogP contribution in [0.1, 0.15) is 32.6 Å². The highest BCUT2D eigenvalue weighted by Gasteiger charge is 2.13. The number of nitrogens with one attached hydrogen (secondary N) is 2. The zero-order valence-corrected chi connectivity index (χ0v) is 9.55. The molecule has 88 valence electrons. The van der Waals surface area contributed by atoms with Crippen LogP contribution in [0.3, 0.4) is 0 Å². The standard InChI is InChI=1S/C11H22N2O2/c1-2-3-8-15-11(14)5-4-10-9-12-6-7-13-10/h10,12-13H,2-9H2,1H3. The molecule has 2 N–H and O–H groups in total. The third-order valence-corrected chi connectivity index (χ3v) is 2.58. The van der Waals surface area contributed by atoms with Gasteiger partial charge in [-0.1, -0.05) is 13.3 Å². The molecule has 0 saturated carbocycles. The highest BCUT2D eigenvalue weighted by molar-refractivity contribution is 5.69. The van der Waals surface area contributed by atoms with Gasteiger partial charge >= 0.3 is 5.97 Å². The molecule has 0 radical (unpaired) electrons. The Labute approximate surface area is 91.8 Å². The molecule has 0 aromatic carbocycles. The molecule has 0 spiro atoms. The molecule has 0 amide bonds. The Bertz CT molecular complexity index is 179. The van der Waals surface area contributed by atoms with Crippen LogP contribution < -0.4 is 10.6 Å². The smallest absolute Gasteiger partial charge is 0.305 e. The van der Waals surface area contributed by atoms with E-state index in [-0.39, 0.29) is 5.97 Å². The van der Waals surface area contributed by atoms with Gasteiger partial charge in [0.25, 0.3) is 0 Å². The predicted octanol–water partition coefficient (Wildman–Crippen LogP) is 0.671. The van der Waals surface area contributed by atoms with E-state index in [1.54, 1.807) is 0 Å². The Morgan fingerprint density at radius 1 is 1.47 bits per heavy atom. The summed E-state index contributed by atoms with van der Waals surface area (Å²) in [5.41, 5.74) is 0. The van der Waals surface area contributed by atoms with Gasteiger partial charge in [-0.2, -0.15) is 0 Å². The van der Waals surface area contributed by atoms with Crippen molar-refractivity contribution in [3.8, 4) is 0 Å². The van der Waals surface area contributed by atoms with Gasteiger partial charge < -0.3 is 15.4 Å². The summed E-state index contributed by atoms with van der Waals surface area (Å²) < 4.78 is 5.09. The Kier molecular flexibility index (Phi) is 6.36. The van der Waals surface area contributed by atoms with E-state index in [4.69, 9.17) is 4.74 Å². The van der Waals surface area contributed by atoms with Crippen LogP contribution >= 0.6 is 0 Å². The number of ether oxygens (including phenoxy) is 1. The quantitative estimate of drug-likeness (QED) is 0.504. The van der Waals surface area contributed by atoms with Gasteiger partial charge in [-0.3, -0.25) is 4.79 Å². The summed E-state index contributed by atoms with van der Waals surface area (Å²) in [6.07, 6.45) is 3.44. The van der Waals surface area contributed by atoms with E-state index >= 15 is 0 Å². The molecule has 0 bridgehead atoms. The molecule has 0 aliphatic carbocycles. The zero-order valence-electron chi connectivity index (χ0n) is 9.55. The Balaban J connectivity index is 2.00. The van der Waals surface area contributed by atoms with Crippen molar-refractivity contribution < 1.29 is 9.53 Å². The van der Waals surface area contributed by atoms with Gasteiger partial charge in [0.1, 0.15) is 0 Å². The summed E-state index contributed by atoms with van der Waals surface area (Å²) >= 11 is 0. The molecule has 1 atom stereocenters. The summed E-state index contributed by atoms with van der Waals surface area (Å²) in [5.74, 6) is -0.0594. The van der Waals surface area contributed by atoms with E-state index in [2.05, 4.69) is 17.6 Å². The molecule has 1 unspecified atom stereocenters. The van der Waals surface area contributed by atoms with Crippen LogP contribution in [0.5, 0.6) is 0 Å². The lowest BCUT2D eigenvalue weighted by Crippen LogP contribution is -2.48. The van der Waals surface area contributed by atoms with Crippen LogP contribution in [0.15, 0.2) is 0 Å². The van der Waals surface area contributed by atoms with Crippen molar-refractivity contribution in [1.82, 2.24) is 10.6 Å². The summed E-state index contributed by atoms with van der Waals surface area (Å²) in [5, 5.41) is 6.67. The molecule has 0 aromatic heterocycles. The topological polar surface area (TPSA) is 50.4 Å². The summed E-state index contributed by atoms with van der Waals surface area (Å²) in [6, 6.07) is 0.428. The SMILES string of the molecule is CCCCOC(=O)CCC1CNCCN1.